The third kappa shape index (κ3) is 6.07. The normalized spacial score (nSPS) is 10.8. The maximum atomic E-state index is 11.8. The minimum Gasteiger partial charge on any atom is -0.496 e. The number of amides is 1. The van der Waals surface area contributed by atoms with Gasteiger partial charge in [-0.2, -0.15) is 5.10 Å². The predicted octanol–water partition coefficient (Wildman–Crippen LogP) is 4.04. The molecule has 0 spiro atoms. The number of hydrogen-bond donors (Lipinski definition) is 1. The molecule has 0 saturated heterocycles. The number of carbonyl (C=O) groups is 1. The van der Waals surface area contributed by atoms with Crippen molar-refractivity contribution in [3.8, 4) is 5.75 Å². The number of hydrogen-bond acceptors (Lipinski definition) is 5. The van der Waals surface area contributed by atoms with E-state index in [1.807, 2.05) is 25.1 Å². The van der Waals surface area contributed by atoms with Crippen LogP contribution in [0.5, 0.6) is 5.75 Å². The summed E-state index contributed by atoms with van der Waals surface area (Å²) >= 11 is 5.75. The van der Waals surface area contributed by atoms with Gasteiger partial charge in [0, 0.05) is 18.1 Å². The number of benzene rings is 2. The molecule has 8 heteroatoms. The quantitative estimate of drug-likeness (QED) is 0.419. The number of hydrazone groups is 1. The second-order valence-electron chi connectivity index (χ2n) is 5.92. The Labute approximate surface area is 162 Å². The van der Waals surface area contributed by atoms with Crippen molar-refractivity contribution >= 4 is 29.4 Å². The summed E-state index contributed by atoms with van der Waals surface area (Å²) in [5.74, 6) is 0.619. The van der Waals surface area contributed by atoms with Gasteiger partial charge in [0.2, 0.25) is 5.91 Å². The smallest absolute Gasteiger partial charge is 0.288 e. The summed E-state index contributed by atoms with van der Waals surface area (Å²) in [5.41, 5.74) is 4.88. The van der Waals surface area contributed by atoms with Crippen LogP contribution in [0.25, 0.3) is 0 Å². The van der Waals surface area contributed by atoms with Gasteiger partial charge in [-0.1, -0.05) is 29.8 Å². The van der Waals surface area contributed by atoms with Gasteiger partial charge >= 0.3 is 0 Å². The minimum atomic E-state index is -0.570. The lowest BCUT2D eigenvalue weighted by atomic mass is 10.1. The molecule has 2 rings (SSSR count). The lowest BCUT2D eigenvalue weighted by molar-refractivity contribution is -0.384. The van der Waals surface area contributed by atoms with Crippen LogP contribution in [0.15, 0.2) is 41.5 Å². The molecule has 0 aliphatic rings. The van der Waals surface area contributed by atoms with Gasteiger partial charge in [-0.3, -0.25) is 14.9 Å². The molecule has 0 fully saturated rings. The second kappa shape index (κ2) is 9.68. The van der Waals surface area contributed by atoms with Crippen molar-refractivity contribution in [1.29, 1.82) is 0 Å². The fraction of sp³-hybridized carbons (Fsp3) is 0.263. The average molecular weight is 390 g/mol. The number of methoxy groups -OCH3 is 1. The van der Waals surface area contributed by atoms with E-state index in [4.69, 9.17) is 16.3 Å². The molecule has 1 amide bonds. The summed E-state index contributed by atoms with van der Waals surface area (Å²) in [6.45, 7) is 1.98. The first-order chi connectivity index (χ1) is 12.9. The van der Waals surface area contributed by atoms with Crippen molar-refractivity contribution in [3.05, 3.63) is 68.2 Å². The van der Waals surface area contributed by atoms with Crippen LogP contribution in [-0.4, -0.2) is 24.2 Å². The molecule has 27 heavy (non-hydrogen) atoms. The Morgan fingerprint density at radius 3 is 2.78 bits per heavy atom. The Balaban J connectivity index is 1.81. The highest BCUT2D eigenvalue weighted by Crippen LogP contribution is 2.24. The van der Waals surface area contributed by atoms with Crippen molar-refractivity contribution in [3.63, 3.8) is 0 Å². The van der Waals surface area contributed by atoms with E-state index in [1.165, 1.54) is 18.3 Å². The van der Waals surface area contributed by atoms with Gasteiger partial charge in [-0.15, -0.1) is 0 Å². The van der Waals surface area contributed by atoms with Gasteiger partial charge in [0.25, 0.3) is 5.69 Å². The molecule has 7 nitrogen and oxygen atoms in total. The van der Waals surface area contributed by atoms with Crippen molar-refractivity contribution < 1.29 is 14.5 Å². The van der Waals surface area contributed by atoms with E-state index in [0.717, 1.165) is 23.3 Å². The van der Waals surface area contributed by atoms with E-state index in [0.29, 0.717) is 18.4 Å². The first kappa shape index (κ1) is 20.4. The summed E-state index contributed by atoms with van der Waals surface area (Å²) in [6, 6.07) is 10.2. The molecule has 142 valence electrons. The molecule has 0 heterocycles. The lowest BCUT2D eigenvalue weighted by Gasteiger charge is -2.07. The van der Waals surface area contributed by atoms with Crippen LogP contribution in [0.3, 0.4) is 0 Å². The van der Waals surface area contributed by atoms with Gasteiger partial charge < -0.3 is 4.74 Å². The van der Waals surface area contributed by atoms with Crippen LogP contribution in [0.4, 0.5) is 5.69 Å². The molecule has 0 unspecified atom stereocenters. The third-order valence-electron chi connectivity index (χ3n) is 3.90. The minimum absolute atomic E-state index is 0.0509. The molecule has 1 N–H and O–H groups in total. The molecule has 0 atom stereocenters. The van der Waals surface area contributed by atoms with E-state index >= 15 is 0 Å². The zero-order valence-corrected chi connectivity index (χ0v) is 15.8. The zero-order chi connectivity index (χ0) is 19.8. The van der Waals surface area contributed by atoms with E-state index in [-0.39, 0.29) is 16.6 Å². The van der Waals surface area contributed by atoms with Crippen molar-refractivity contribution in [2.75, 3.05) is 7.11 Å². The first-order valence-electron chi connectivity index (χ1n) is 8.30. The Morgan fingerprint density at radius 2 is 2.11 bits per heavy atom. The number of carbonyl (C=O) groups excluding carboxylic acids is 1. The van der Waals surface area contributed by atoms with Gasteiger partial charge in [0.05, 0.1) is 18.2 Å². The summed E-state index contributed by atoms with van der Waals surface area (Å²) in [5, 5.41) is 14.7. The highest BCUT2D eigenvalue weighted by Gasteiger charge is 2.11. The number of nitrogens with one attached hydrogen (secondary N) is 1. The highest BCUT2D eigenvalue weighted by atomic mass is 35.5. The number of nitro groups is 1. The molecule has 2 aromatic rings. The summed E-state index contributed by atoms with van der Waals surface area (Å²) in [7, 11) is 1.63. The summed E-state index contributed by atoms with van der Waals surface area (Å²) in [4.78, 5) is 22.1. The van der Waals surface area contributed by atoms with Crippen LogP contribution >= 0.6 is 11.6 Å². The summed E-state index contributed by atoms with van der Waals surface area (Å²) < 4.78 is 5.23. The molecule has 0 bridgehead atoms. The topological polar surface area (TPSA) is 93.8 Å². The standard InChI is InChI=1S/C19H20ClN3O4/c1-13-10-14(7-9-18(13)27-2)4-3-5-19(24)22-21-12-15-6-8-16(20)17(11-15)23(25)26/h6-12H,3-5H2,1-2H3,(H,22,24)/b21-12+. The Hall–Kier alpha value is -2.93. The number of nitro benzene ring substituents is 1. The Kier molecular flexibility index (Phi) is 7.31. The highest BCUT2D eigenvalue weighted by molar-refractivity contribution is 6.32. The van der Waals surface area contributed by atoms with E-state index in [1.54, 1.807) is 13.2 Å². The van der Waals surface area contributed by atoms with Gasteiger partial charge in [-0.05, 0) is 43.0 Å². The zero-order valence-electron chi connectivity index (χ0n) is 15.1. The Morgan fingerprint density at radius 1 is 1.33 bits per heavy atom. The first-order valence-corrected chi connectivity index (χ1v) is 8.68. The van der Waals surface area contributed by atoms with Crippen molar-refractivity contribution in [1.82, 2.24) is 5.43 Å². The summed E-state index contributed by atoms with van der Waals surface area (Å²) in [6.07, 6.45) is 3.11. The molecule has 0 aliphatic heterocycles. The third-order valence-corrected chi connectivity index (χ3v) is 4.22. The van der Waals surface area contributed by atoms with Gasteiger partial charge in [0.15, 0.2) is 0 Å². The van der Waals surface area contributed by atoms with E-state index < -0.39 is 4.92 Å². The lowest BCUT2D eigenvalue weighted by Crippen LogP contribution is -2.17. The fourth-order valence-corrected chi connectivity index (χ4v) is 2.72. The molecule has 0 radical (unpaired) electrons. The van der Waals surface area contributed by atoms with E-state index in [2.05, 4.69) is 10.5 Å². The monoisotopic (exact) mass is 389 g/mol. The van der Waals surface area contributed by atoms with Crippen LogP contribution < -0.4 is 10.2 Å². The van der Waals surface area contributed by atoms with Crippen molar-refractivity contribution in [2.24, 2.45) is 5.10 Å². The maximum Gasteiger partial charge on any atom is 0.288 e. The van der Waals surface area contributed by atoms with Gasteiger partial charge in [0.1, 0.15) is 10.8 Å². The molecule has 0 aromatic heterocycles. The number of ether oxygens (including phenoxy) is 1. The molecular formula is C19H20ClN3O4. The van der Waals surface area contributed by atoms with Crippen molar-refractivity contribution in [2.45, 2.75) is 26.2 Å². The number of aryl methyl sites for hydroxylation is 2. The number of nitrogens with zero attached hydrogens (tertiary/aromatic N) is 2. The largest absolute Gasteiger partial charge is 0.496 e. The average Bonchev–Trinajstić information content (AvgIpc) is 2.63. The van der Waals surface area contributed by atoms with Crippen LogP contribution in [0.2, 0.25) is 5.02 Å². The number of halogens is 1. The second-order valence-corrected chi connectivity index (χ2v) is 6.33. The molecule has 2 aromatic carbocycles. The van der Waals surface area contributed by atoms with E-state index in [9.17, 15) is 14.9 Å². The van der Waals surface area contributed by atoms with Crippen LogP contribution in [-0.2, 0) is 11.2 Å². The van der Waals surface area contributed by atoms with Crippen LogP contribution in [0, 0.1) is 17.0 Å². The van der Waals surface area contributed by atoms with Gasteiger partial charge in [-0.25, -0.2) is 5.43 Å². The Bertz CT molecular complexity index is 868. The molecule has 0 saturated carbocycles. The predicted molar refractivity (Wildman–Crippen MR) is 105 cm³/mol. The molecule has 0 aliphatic carbocycles. The number of rotatable bonds is 8. The van der Waals surface area contributed by atoms with Crippen LogP contribution in [0.1, 0.15) is 29.5 Å². The fourth-order valence-electron chi connectivity index (χ4n) is 2.53. The molecular weight excluding hydrogens is 370 g/mol. The SMILES string of the molecule is COc1ccc(CCCC(=O)N/N=C/c2ccc(Cl)c([N+](=O)[O-])c2)cc1C. The maximum absolute atomic E-state index is 11.8.